The second-order valence-corrected chi connectivity index (χ2v) is 10.6. The van der Waals surface area contributed by atoms with E-state index in [1.54, 1.807) is 6.07 Å². The number of alkyl halides is 3. The first-order valence-electron chi connectivity index (χ1n) is 12.8. The van der Waals surface area contributed by atoms with Crippen LogP contribution in [0.5, 0.6) is 0 Å². The van der Waals surface area contributed by atoms with Crippen LogP contribution in [0.2, 0.25) is 0 Å². The lowest BCUT2D eigenvalue weighted by Gasteiger charge is -2.19. The number of hydrogen-bond donors (Lipinski definition) is 3. The van der Waals surface area contributed by atoms with E-state index in [0.29, 0.717) is 32.2 Å². The fraction of sp³-hybridized carbons (Fsp3) is 0.538. The molecule has 1 saturated heterocycles. The molecule has 5 rings (SSSR count). The van der Waals surface area contributed by atoms with E-state index < -0.39 is 30.2 Å². The van der Waals surface area contributed by atoms with Crippen LogP contribution in [0.25, 0.3) is 0 Å². The Labute approximate surface area is 217 Å². The minimum atomic E-state index is -4.68. The quantitative estimate of drug-likeness (QED) is 0.479. The second kappa shape index (κ2) is 9.95. The number of H-pyrrole nitrogens is 1. The van der Waals surface area contributed by atoms with Gasteiger partial charge in [-0.15, -0.1) is 0 Å². The average molecular weight is 534 g/mol. The Hall–Kier alpha value is -3.57. The predicted octanol–water partition coefficient (Wildman–Crippen LogP) is 4.65. The van der Waals surface area contributed by atoms with Crippen molar-refractivity contribution in [3.63, 3.8) is 0 Å². The zero-order chi connectivity index (χ0) is 27.1. The van der Waals surface area contributed by atoms with Crippen molar-refractivity contribution >= 4 is 29.4 Å². The number of nitrogens with one attached hydrogen (secondary N) is 3. The summed E-state index contributed by atoms with van der Waals surface area (Å²) >= 11 is 0. The van der Waals surface area contributed by atoms with Gasteiger partial charge >= 0.3 is 12.3 Å². The van der Waals surface area contributed by atoms with Crippen LogP contribution >= 0.6 is 0 Å². The van der Waals surface area contributed by atoms with Crippen molar-refractivity contribution in [2.24, 2.45) is 0 Å². The fourth-order valence-electron chi connectivity index (χ4n) is 5.11. The molecule has 2 aromatic rings. The Kier molecular flexibility index (Phi) is 6.83. The Bertz CT molecular complexity index is 1240. The number of amides is 3. The minimum Gasteiger partial charge on any atom is -0.446 e. The zero-order valence-corrected chi connectivity index (χ0v) is 21.0. The highest BCUT2D eigenvalue weighted by molar-refractivity contribution is 5.96. The van der Waals surface area contributed by atoms with Gasteiger partial charge in [0, 0.05) is 41.9 Å². The van der Waals surface area contributed by atoms with Gasteiger partial charge in [-0.25, -0.2) is 4.79 Å². The molecule has 9 nitrogen and oxygen atoms in total. The highest BCUT2D eigenvalue weighted by Crippen LogP contribution is 2.38. The van der Waals surface area contributed by atoms with E-state index in [2.05, 4.69) is 20.8 Å². The average Bonchev–Trinajstić information content (AvgIpc) is 3.24. The first-order valence-corrected chi connectivity index (χ1v) is 12.8. The summed E-state index contributed by atoms with van der Waals surface area (Å²) in [6, 6.07) is 5.28. The molecule has 0 spiro atoms. The molecular weight excluding hydrogens is 503 g/mol. The number of carbonyl (C=O) groups excluding carboxylic acids is 3. The van der Waals surface area contributed by atoms with Crippen LogP contribution in [0.4, 0.5) is 29.5 Å². The number of carbonyl (C=O) groups is 3. The zero-order valence-electron chi connectivity index (χ0n) is 21.0. The van der Waals surface area contributed by atoms with E-state index in [-0.39, 0.29) is 40.5 Å². The molecule has 38 heavy (non-hydrogen) atoms. The number of aromatic nitrogens is 2. The topological polar surface area (TPSA) is 116 Å². The SMILES string of the molecule is CC1(NC(=O)O[C@H]2CCC(c3cc(NC(=O)Cc4ccc(N5CCCC5=O)cc4C(F)(F)F)n[nH]3)C2)CC1. The molecule has 204 valence electrons. The van der Waals surface area contributed by atoms with Gasteiger partial charge in [0.1, 0.15) is 6.10 Å². The van der Waals surface area contributed by atoms with Crippen molar-refractivity contribution in [2.45, 2.75) is 82.0 Å². The van der Waals surface area contributed by atoms with Gasteiger partial charge in [-0.3, -0.25) is 14.7 Å². The Morgan fingerprint density at radius 2 is 2.03 bits per heavy atom. The molecule has 12 heteroatoms. The van der Waals surface area contributed by atoms with Crippen LogP contribution in [0.1, 0.15) is 74.6 Å². The fourth-order valence-corrected chi connectivity index (χ4v) is 5.11. The molecule has 2 atom stereocenters. The summed E-state index contributed by atoms with van der Waals surface area (Å²) < 4.78 is 46.9. The summed E-state index contributed by atoms with van der Waals surface area (Å²) in [4.78, 5) is 38.0. The largest absolute Gasteiger partial charge is 0.446 e. The van der Waals surface area contributed by atoms with Crippen molar-refractivity contribution in [2.75, 3.05) is 16.8 Å². The van der Waals surface area contributed by atoms with Gasteiger partial charge in [-0.2, -0.15) is 18.3 Å². The summed E-state index contributed by atoms with van der Waals surface area (Å²) in [6.45, 7) is 2.35. The third kappa shape index (κ3) is 5.94. The number of rotatable bonds is 7. The Morgan fingerprint density at radius 1 is 1.24 bits per heavy atom. The van der Waals surface area contributed by atoms with Crippen LogP contribution in [-0.2, 0) is 26.9 Å². The first-order chi connectivity index (χ1) is 18.0. The molecule has 0 radical (unpaired) electrons. The number of nitrogens with zero attached hydrogens (tertiary/aromatic N) is 2. The van der Waals surface area contributed by atoms with Crippen LogP contribution in [0, 0.1) is 0 Å². The van der Waals surface area contributed by atoms with Crippen molar-refractivity contribution in [1.82, 2.24) is 15.5 Å². The number of ether oxygens (including phenoxy) is 1. The van der Waals surface area contributed by atoms with Crippen molar-refractivity contribution in [3.05, 3.63) is 41.1 Å². The number of halogens is 3. The summed E-state index contributed by atoms with van der Waals surface area (Å²) in [5, 5.41) is 12.4. The van der Waals surface area contributed by atoms with Gasteiger partial charge in [-0.1, -0.05) is 6.07 Å². The molecule has 3 fully saturated rings. The summed E-state index contributed by atoms with van der Waals surface area (Å²) in [5.74, 6) is -0.591. The van der Waals surface area contributed by atoms with Crippen molar-refractivity contribution < 1.29 is 32.3 Å². The molecule has 1 aromatic heterocycles. The van der Waals surface area contributed by atoms with Gasteiger partial charge in [0.2, 0.25) is 11.8 Å². The molecular formula is C26H30F3N5O4. The number of aromatic amines is 1. The van der Waals surface area contributed by atoms with E-state index >= 15 is 0 Å². The lowest BCUT2D eigenvalue weighted by atomic mass is 10.0. The van der Waals surface area contributed by atoms with Crippen LogP contribution < -0.4 is 15.5 Å². The summed E-state index contributed by atoms with van der Waals surface area (Å²) in [5.41, 5.74) is -0.336. The number of benzene rings is 1. The lowest BCUT2D eigenvalue weighted by Crippen LogP contribution is -2.36. The molecule has 3 amide bonds. The van der Waals surface area contributed by atoms with Crippen molar-refractivity contribution in [1.29, 1.82) is 0 Å². The van der Waals surface area contributed by atoms with E-state index in [1.165, 1.54) is 17.0 Å². The summed E-state index contributed by atoms with van der Waals surface area (Å²) in [6.07, 6.45) is -0.933. The molecule has 2 heterocycles. The molecule has 3 N–H and O–H groups in total. The highest BCUT2D eigenvalue weighted by atomic mass is 19.4. The van der Waals surface area contributed by atoms with E-state index in [0.717, 1.165) is 31.0 Å². The molecule has 3 aliphatic rings. The minimum absolute atomic E-state index is 0.0557. The van der Waals surface area contributed by atoms with Gasteiger partial charge in [-0.05, 0) is 63.1 Å². The smallest absolute Gasteiger partial charge is 0.416 e. The van der Waals surface area contributed by atoms with Crippen LogP contribution in [0.15, 0.2) is 24.3 Å². The Morgan fingerprint density at radius 3 is 2.71 bits per heavy atom. The molecule has 2 aliphatic carbocycles. The van der Waals surface area contributed by atoms with E-state index in [9.17, 15) is 27.6 Å². The van der Waals surface area contributed by atoms with Crippen LogP contribution in [0.3, 0.4) is 0 Å². The molecule has 1 aromatic carbocycles. The second-order valence-electron chi connectivity index (χ2n) is 10.6. The lowest BCUT2D eigenvalue weighted by molar-refractivity contribution is -0.138. The van der Waals surface area contributed by atoms with Gasteiger partial charge < -0.3 is 20.3 Å². The molecule has 1 aliphatic heterocycles. The maximum atomic E-state index is 13.8. The number of hydrogen-bond acceptors (Lipinski definition) is 5. The predicted molar refractivity (Wildman–Crippen MR) is 132 cm³/mol. The number of alkyl carbamates (subject to hydrolysis) is 1. The first kappa shape index (κ1) is 26.1. The molecule has 2 saturated carbocycles. The maximum Gasteiger partial charge on any atom is 0.416 e. The highest BCUT2D eigenvalue weighted by Gasteiger charge is 2.40. The Balaban J connectivity index is 1.18. The molecule has 1 unspecified atom stereocenters. The third-order valence-electron chi connectivity index (χ3n) is 7.50. The normalized spacial score (nSPS) is 22.4. The number of anilines is 2. The maximum absolute atomic E-state index is 13.8. The summed E-state index contributed by atoms with van der Waals surface area (Å²) in [7, 11) is 0. The van der Waals surface area contributed by atoms with Gasteiger partial charge in [0.15, 0.2) is 5.82 Å². The molecule has 0 bridgehead atoms. The standard InChI is InChI=1S/C26H30F3N5O4/c1-25(8-9-25)31-24(37)38-18-7-5-16(11-18)20-14-21(33-32-20)30-22(35)12-15-4-6-17(13-19(15)26(27,28)29)34-10-2-3-23(34)36/h4,6,13-14,16,18H,2-3,5,7-12H2,1H3,(H,31,37)(H2,30,32,33,35)/t16?,18-/m0/s1. The van der Waals surface area contributed by atoms with Crippen LogP contribution in [-0.4, -0.2) is 46.3 Å². The van der Waals surface area contributed by atoms with Crippen molar-refractivity contribution in [3.8, 4) is 0 Å². The monoisotopic (exact) mass is 533 g/mol. The third-order valence-corrected chi connectivity index (χ3v) is 7.50. The van der Waals surface area contributed by atoms with Gasteiger partial charge in [0.25, 0.3) is 0 Å². The van der Waals surface area contributed by atoms with E-state index in [4.69, 9.17) is 4.74 Å². The van der Waals surface area contributed by atoms with Gasteiger partial charge in [0.05, 0.1) is 12.0 Å². The van der Waals surface area contributed by atoms with E-state index in [1.807, 2.05) is 6.92 Å².